The molecule has 0 saturated carbocycles. The average molecular weight is 245 g/mol. The van der Waals surface area contributed by atoms with Gasteiger partial charge in [0, 0.05) is 18.7 Å². The molecule has 0 unspecified atom stereocenters. The number of ketones is 1. The molecule has 0 fully saturated rings. The summed E-state index contributed by atoms with van der Waals surface area (Å²) in [5.74, 6) is 1.22. The molecular formula is C14H15NO3. The topological polar surface area (TPSA) is 51.5 Å². The molecule has 94 valence electrons. The number of carbonyl (C=O) groups is 1. The van der Waals surface area contributed by atoms with Crippen LogP contribution >= 0.6 is 0 Å². The zero-order chi connectivity index (χ0) is 12.8. The second-order valence-corrected chi connectivity index (χ2v) is 3.81. The number of anilines is 1. The van der Waals surface area contributed by atoms with E-state index in [0.717, 1.165) is 11.4 Å². The highest BCUT2D eigenvalue weighted by Gasteiger charge is 2.07. The van der Waals surface area contributed by atoms with E-state index in [2.05, 4.69) is 5.32 Å². The molecule has 0 aliphatic rings. The SMILES string of the molecule is COc1ccc(NCCC(=O)c2ccco2)cc1. The smallest absolute Gasteiger partial charge is 0.199 e. The third kappa shape index (κ3) is 3.13. The molecule has 0 aliphatic carbocycles. The Morgan fingerprint density at radius 2 is 2.06 bits per heavy atom. The molecule has 1 aromatic heterocycles. The lowest BCUT2D eigenvalue weighted by molar-refractivity contribution is 0.0960. The highest BCUT2D eigenvalue weighted by molar-refractivity contribution is 5.93. The van der Waals surface area contributed by atoms with Crippen molar-refractivity contribution in [3.05, 3.63) is 48.4 Å². The number of benzene rings is 1. The molecule has 0 radical (unpaired) electrons. The van der Waals surface area contributed by atoms with Crippen molar-refractivity contribution in [1.82, 2.24) is 0 Å². The van der Waals surface area contributed by atoms with Gasteiger partial charge in [0.1, 0.15) is 5.75 Å². The highest BCUT2D eigenvalue weighted by Crippen LogP contribution is 2.15. The van der Waals surface area contributed by atoms with Crippen molar-refractivity contribution in [3.8, 4) is 5.75 Å². The summed E-state index contributed by atoms with van der Waals surface area (Å²) in [4.78, 5) is 11.6. The predicted molar refractivity (Wildman–Crippen MR) is 69.1 cm³/mol. The fourth-order valence-electron chi connectivity index (χ4n) is 1.59. The molecule has 0 bridgehead atoms. The number of ether oxygens (including phenoxy) is 1. The Labute approximate surface area is 106 Å². The standard InChI is InChI=1S/C14H15NO3/c1-17-12-6-4-11(5-7-12)15-9-8-13(16)14-3-2-10-18-14/h2-7,10,15H,8-9H2,1H3. The van der Waals surface area contributed by atoms with Gasteiger partial charge in [0.05, 0.1) is 13.4 Å². The molecular weight excluding hydrogens is 230 g/mol. The van der Waals surface area contributed by atoms with Crippen molar-refractivity contribution in [2.75, 3.05) is 19.0 Å². The molecule has 1 N–H and O–H groups in total. The molecule has 2 aromatic rings. The fraction of sp³-hybridized carbons (Fsp3) is 0.214. The summed E-state index contributed by atoms with van der Waals surface area (Å²) in [7, 11) is 1.63. The Hall–Kier alpha value is -2.23. The van der Waals surface area contributed by atoms with Crippen LogP contribution in [0.3, 0.4) is 0 Å². The molecule has 2 rings (SSSR count). The highest BCUT2D eigenvalue weighted by atomic mass is 16.5. The van der Waals surface area contributed by atoms with Crippen LogP contribution in [-0.4, -0.2) is 19.4 Å². The van der Waals surface area contributed by atoms with Crippen LogP contribution < -0.4 is 10.1 Å². The first-order valence-corrected chi connectivity index (χ1v) is 5.74. The first-order valence-electron chi connectivity index (χ1n) is 5.74. The fourth-order valence-corrected chi connectivity index (χ4v) is 1.59. The van der Waals surface area contributed by atoms with Crippen molar-refractivity contribution in [2.45, 2.75) is 6.42 Å². The van der Waals surface area contributed by atoms with Crippen molar-refractivity contribution in [1.29, 1.82) is 0 Å². The summed E-state index contributed by atoms with van der Waals surface area (Å²) >= 11 is 0. The van der Waals surface area contributed by atoms with Crippen LogP contribution in [0.5, 0.6) is 5.75 Å². The Balaban J connectivity index is 1.79. The van der Waals surface area contributed by atoms with Crippen LogP contribution in [0.1, 0.15) is 17.0 Å². The quantitative estimate of drug-likeness (QED) is 0.795. The van der Waals surface area contributed by atoms with Gasteiger partial charge in [0.15, 0.2) is 11.5 Å². The van der Waals surface area contributed by atoms with Gasteiger partial charge in [0.25, 0.3) is 0 Å². The molecule has 1 heterocycles. The number of furan rings is 1. The second kappa shape index (κ2) is 5.91. The van der Waals surface area contributed by atoms with E-state index < -0.39 is 0 Å². The van der Waals surface area contributed by atoms with E-state index >= 15 is 0 Å². The zero-order valence-corrected chi connectivity index (χ0v) is 10.2. The Bertz CT molecular complexity index is 488. The summed E-state index contributed by atoms with van der Waals surface area (Å²) in [6.07, 6.45) is 1.91. The van der Waals surface area contributed by atoms with Crippen molar-refractivity contribution < 1.29 is 13.9 Å². The molecule has 1 aromatic carbocycles. The Kier molecular flexibility index (Phi) is 4.02. The summed E-state index contributed by atoms with van der Waals surface area (Å²) in [5, 5.41) is 3.17. The maximum atomic E-state index is 11.6. The van der Waals surface area contributed by atoms with Crippen molar-refractivity contribution >= 4 is 11.5 Å². The summed E-state index contributed by atoms with van der Waals surface area (Å²) in [6, 6.07) is 11.0. The third-order valence-corrected chi connectivity index (χ3v) is 2.57. The van der Waals surface area contributed by atoms with Gasteiger partial charge in [-0.2, -0.15) is 0 Å². The monoisotopic (exact) mass is 245 g/mol. The first-order chi connectivity index (χ1) is 8.79. The molecule has 0 saturated heterocycles. The minimum Gasteiger partial charge on any atom is -0.497 e. The van der Waals surface area contributed by atoms with Gasteiger partial charge in [-0.05, 0) is 36.4 Å². The number of hydrogen-bond acceptors (Lipinski definition) is 4. The summed E-state index contributed by atoms with van der Waals surface area (Å²) < 4.78 is 10.1. The lowest BCUT2D eigenvalue weighted by Crippen LogP contribution is -2.08. The maximum Gasteiger partial charge on any atom is 0.199 e. The van der Waals surface area contributed by atoms with E-state index in [4.69, 9.17) is 9.15 Å². The summed E-state index contributed by atoms with van der Waals surface area (Å²) in [5.41, 5.74) is 0.961. The van der Waals surface area contributed by atoms with E-state index in [-0.39, 0.29) is 5.78 Å². The summed E-state index contributed by atoms with van der Waals surface area (Å²) in [6.45, 7) is 0.575. The largest absolute Gasteiger partial charge is 0.497 e. The number of carbonyl (C=O) groups excluding carboxylic acids is 1. The second-order valence-electron chi connectivity index (χ2n) is 3.81. The van der Waals surface area contributed by atoms with Crippen LogP contribution in [0.2, 0.25) is 0 Å². The van der Waals surface area contributed by atoms with Gasteiger partial charge in [-0.3, -0.25) is 4.79 Å². The van der Waals surface area contributed by atoms with E-state index in [0.29, 0.717) is 18.7 Å². The van der Waals surface area contributed by atoms with E-state index in [1.807, 2.05) is 24.3 Å². The molecule has 0 atom stereocenters. The van der Waals surface area contributed by atoms with Crippen LogP contribution in [-0.2, 0) is 0 Å². The molecule has 0 amide bonds. The third-order valence-electron chi connectivity index (χ3n) is 2.57. The molecule has 0 aliphatic heterocycles. The van der Waals surface area contributed by atoms with E-state index in [1.165, 1.54) is 6.26 Å². The molecule has 0 spiro atoms. The number of Topliss-reactive ketones (excluding diaryl/α,β-unsaturated/α-hetero) is 1. The van der Waals surface area contributed by atoms with E-state index in [9.17, 15) is 4.79 Å². The average Bonchev–Trinajstić information content (AvgIpc) is 2.93. The number of hydrogen-bond donors (Lipinski definition) is 1. The van der Waals surface area contributed by atoms with Gasteiger partial charge >= 0.3 is 0 Å². The van der Waals surface area contributed by atoms with E-state index in [1.54, 1.807) is 19.2 Å². The van der Waals surface area contributed by atoms with Crippen LogP contribution in [0.25, 0.3) is 0 Å². The number of nitrogens with one attached hydrogen (secondary N) is 1. The van der Waals surface area contributed by atoms with Crippen LogP contribution in [0.4, 0.5) is 5.69 Å². The van der Waals surface area contributed by atoms with Gasteiger partial charge in [-0.1, -0.05) is 0 Å². The molecule has 18 heavy (non-hydrogen) atoms. The van der Waals surface area contributed by atoms with Crippen LogP contribution in [0.15, 0.2) is 47.1 Å². The number of methoxy groups -OCH3 is 1. The van der Waals surface area contributed by atoms with Crippen molar-refractivity contribution in [2.24, 2.45) is 0 Å². The molecule has 4 heteroatoms. The van der Waals surface area contributed by atoms with Crippen LogP contribution in [0, 0.1) is 0 Å². The normalized spacial score (nSPS) is 10.1. The lowest BCUT2D eigenvalue weighted by atomic mass is 10.2. The zero-order valence-electron chi connectivity index (χ0n) is 10.2. The first kappa shape index (κ1) is 12.2. The Morgan fingerprint density at radius 1 is 1.28 bits per heavy atom. The minimum absolute atomic E-state index is 0.000937. The van der Waals surface area contributed by atoms with Gasteiger partial charge < -0.3 is 14.5 Å². The van der Waals surface area contributed by atoms with Gasteiger partial charge in [-0.15, -0.1) is 0 Å². The van der Waals surface area contributed by atoms with Gasteiger partial charge in [-0.25, -0.2) is 0 Å². The molecule has 4 nitrogen and oxygen atoms in total. The maximum absolute atomic E-state index is 11.6. The Morgan fingerprint density at radius 3 is 2.67 bits per heavy atom. The van der Waals surface area contributed by atoms with Gasteiger partial charge in [0.2, 0.25) is 0 Å². The minimum atomic E-state index is 0.000937. The van der Waals surface area contributed by atoms with Crippen molar-refractivity contribution in [3.63, 3.8) is 0 Å². The predicted octanol–water partition coefficient (Wildman–Crippen LogP) is 2.97. The lowest BCUT2D eigenvalue weighted by Gasteiger charge is -2.06. The number of rotatable bonds is 6.